The van der Waals surface area contributed by atoms with Crippen molar-refractivity contribution in [3.05, 3.63) is 0 Å². The second kappa shape index (κ2) is 5.80. The first-order valence-corrected chi connectivity index (χ1v) is 5.75. The molecule has 0 aliphatic heterocycles. The zero-order valence-electron chi connectivity index (χ0n) is 7.78. The number of hydrogen-bond acceptors (Lipinski definition) is 5. The van der Waals surface area contributed by atoms with Gasteiger partial charge in [-0.25, -0.2) is 13.2 Å². The van der Waals surface area contributed by atoms with Crippen LogP contribution < -0.4 is 0 Å². The number of ether oxygens (including phenoxy) is 2. The van der Waals surface area contributed by atoms with Gasteiger partial charge in [-0.1, -0.05) is 6.92 Å². The lowest BCUT2D eigenvalue weighted by Gasteiger charge is -2.03. The Morgan fingerprint density at radius 2 is 1.92 bits per heavy atom. The molecular formula is C7H14O5S. The van der Waals surface area contributed by atoms with Crippen LogP contribution in [-0.2, 0) is 19.3 Å². The predicted molar refractivity (Wildman–Crippen MR) is 47.3 cm³/mol. The fourth-order valence-corrected chi connectivity index (χ4v) is 1.89. The molecule has 0 spiro atoms. The highest BCUT2D eigenvalue weighted by molar-refractivity contribution is 7.91. The van der Waals surface area contributed by atoms with E-state index in [-0.39, 0.29) is 18.1 Å². The topological polar surface area (TPSA) is 69.7 Å². The van der Waals surface area contributed by atoms with Crippen molar-refractivity contribution in [2.45, 2.75) is 13.3 Å². The molecular weight excluding hydrogens is 196 g/mol. The summed E-state index contributed by atoms with van der Waals surface area (Å²) in [6.07, 6.45) is -0.285. The van der Waals surface area contributed by atoms with Gasteiger partial charge in [-0.15, -0.1) is 0 Å². The molecule has 0 aromatic rings. The van der Waals surface area contributed by atoms with Gasteiger partial charge in [0, 0.05) is 0 Å². The summed E-state index contributed by atoms with van der Waals surface area (Å²) >= 11 is 0. The van der Waals surface area contributed by atoms with Gasteiger partial charge in [0.2, 0.25) is 0 Å². The standard InChI is InChI=1S/C7H14O5S/c1-3-5-13(9,10)6-4-12-7(8)11-2/h3-6H2,1-2H3. The average molecular weight is 210 g/mol. The van der Waals surface area contributed by atoms with E-state index < -0.39 is 16.0 Å². The van der Waals surface area contributed by atoms with Gasteiger partial charge in [0.1, 0.15) is 6.61 Å². The van der Waals surface area contributed by atoms with Crippen molar-refractivity contribution in [2.24, 2.45) is 0 Å². The summed E-state index contributed by atoms with van der Waals surface area (Å²) in [6.45, 7) is 1.63. The monoisotopic (exact) mass is 210 g/mol. The van der Waals surface area contributed by atoms with Crippen LogP contribution in [0, 0.1) is 0 Å². The first kappa shape index (κ1) is 12.2. The van der Waals surface area contributed by atoms with Crippen molar-refractivity contribution in [1.29, 1.82) is 0 Å². The number of carbonyl (C=O) groups is 1. The highest BCUT2D eigenvalue weighted by Crippen LogP contribution is 1.94. The van der Waals surface area contributed by atoms with Crippen molar-refractivity contribution in [3.63, 3.8) is 0 Å². The molecule has 78 valence electrons. The van der Waals surface area contributed by atoms with Gasteiger partial charge in [0.05, 0.1) is 18.6 Å². The van der Waals surface area contributed by atoms with Gasteiger partial charge in [-0.3, -0.25) is 0 Å². The summed E-state index contributed by atoms with van der Waals surface area (Å²) in [5.74, 6) is -0.0204. The Morgan fingerprint density at radius 3 is 2.38 bits per heavy atom. The molecule has 0 aromatic carbocycles. The largest absolute Gasteiger partial charge is 0.508 e. The molecule has 0 fully saturated rings. The highest BCUT2D eigenvalue weighted by atomic mass is 32.2. The van der Waals surface area contributed by atoms with Crippen LogP contribution in [0.2, 0.25) is 0 Å². The molecule has 0 radical (unpaired) electrons. The fraction of sp³-hybridized carbons (Fsp3) is 0.857. The van der Waals surface area contributed by atoms with Crippen LogP contribution in [0.25, 0.3) is 0 Å². The van der Waals surface area contributed by atoms with E-state index in [4.69, 9.17) is 0 Å². The molecule has 0 aromatic heterocycles. The summed E-state index contributed by atoms with van der Waals surface area (Å²) in [4.78, 5) is 10.4. The molecule has 0 aliphatic rings. The molecule has 0 atom stereocenters. The van der Waals surface area contributed by atoms with Crippen LogP contribution in [0.5, 0.6) is 0 Å². The minimum atomic E-state index is -3.07. The lowest BCUT2D eigenvalue weighted by Crippen LogP contribution is -2.17. The molecule has 0 heterocycles. The van der Waals surface area contributed by atoms with Crippen LogP contribution in [0.3, 0.4) is 0 Å². The third-order valence-corrected chi connectivity index (χ3v) is 3.11. The van der Waals surface area contributed by atoms with Gasteiger partial charge >= 0.3 is 6.16 Å². The first-order chi connectivity index (χ1) is 6.02. The Bertz CT molecular complexity index is 244. The van der Waals surface area contributed by atoms with Crippen LogP contribution >= 0.6 is 0 Å². The molecule has 0 unspecified atom stereocenters. The SMILES string of the molecule is CCCS(=O)(=O)CCOC(=O)OC. The van der Waals surface area contributed by atoms with Gasteiger partial charge in [-0.05, 0) is 6.42 Å². The van der Waals surface area contributed by atoms with E-state index in [1.165, 1.54) is 7.11 Å². The van der Waals surface area contributed by atoms with E-state index in [0.29, 0.717) is 6.42 Å². The van der Waals surface area contributed by atoms with E-state index in [1.54, 1.807) is 6.92 Å². The van der Waals surface area contributed by atoms with E-state index in [2.05, 4.69) is 9.47 Å². The maximum absolute atomic E-state index is 11.1. The van der Waals surface area contributed by atoms with Crippen LogP contribution in [0.1, 0.15) is 13.3 Å². The van der Waals surface area contributed by atoms with Gasteiger partial charge in [0.25, 0.3) is 0 Å². The minimum Gasteiger partial charge on any atom is -0.438 e. The summed E-state index contributed by atoms with van der Waals surface area (Å²) < 4.78 is 30.7. The summed E-state index contributed by atoms with van der Waals surface area (Å²) in [7, 11) is -1.90. The summed E-state index contributed by atoms with van der Waals surface area (Å²) in [5, 5.41) is 0. The van der Waals surface area contributed by atoms with Crippen LogP contribution in [0.15, 0.2) is 0 Å². The Kier molecular flexibility index (Phi) is 5.45. The van der Waals surface area contributed by atoms with Crippen molar-refractivity contribution in [2.75, 3.05) is 25.2 Å². The quantitative estimate of drug-likeness (QED) is 0.621. The Hall–Kier alpha value is -0.780. The van der Waals surface area contributed by atoms with Crippen molar-refractivity contribution in [3.8, 4) is 0 Å². The van der Waals surface area contributed by atoms with E-state index in [9.17, 15) is 13.2 Å². The molecule has 0 rings (SSSR count). The molecule has 0 aliphatic carbocycles. The smallest absolute Gasteiger partial charge is 0.438 e. The van der Waals surface area contributed by atoms with Crippen molar-refractivity contribution < 1.29 is 22.7 Å². The molecule has 13 heavy (non-hydrogen) atoms. The lowest BCUT2D eigenvalue weighted by molar-refractivity contribution is 0.0776. The van der Waals surface area contributed by atoms with Gasteiger partial charge in [0.15, 0.2) is 9.84 Å². The normalized spacial score (nSPS) is 10.9. The number of sulfone groups is 1. The second-order valence-electron chi connectivity index (χ2n) is 2.45. The van der Waals surface area contributed by atoms with E-state index in [0.717, 1.165) is 0 Å². The Balaban J connectivity index is 3.70. The number of rotatable bonds is 5. The predicted octanol–water partition coefficient (Wildman–Crippen LogP) is 0.594. The van der Waals surface area contributed by atoms with E-state index >= 15 is 0 Å². The molecule has 0 amide bonds. The third-order valence-electron chi connectivity index (χ3n) is 1.30. The second-order valence-corrected chi connectivity index (χ2v) is 4.76. The number of carbonyl (C=O) groups excluding carboxylic acids is 1. The zero-order valence-corrected chi connectivity index (χ0v) is 8.59. The van der Waals surface area contributed by atoms with Gasteiger partial charge < -0.3 is 9.47 Å². The minimum absolute atomic E-state index is 0.123. The molecule has 0 N–H and O–H groups in total. The molecule has 0 saturated carbocycles. The number of hydrogen-bond donors (Lipinski definition) is 0. The highest BCUT2D eigenvalue weighted by Gasteiger charge is 2.10. The average Bonchev–Trinajstić information content (AvgIpc) is 2.03. The molecule has 5 nitrogen and oxygen atoms in total. The van der Waals surface area contributed by atoms with Crippen LogP contribution in [0.4, 0.5) is 4.79 Å². The molecule has 0 saturated heterocycles. The molecule has 0 bridgehead atoms. The van der Waals surface area contributed by atoms with Crippen molar-refractivity contribution >= 4 is 16.0 Å². The van der Waals surface area contributed by atoms with Gasteiger partial charge in [-0.2, -0.15) is 0 Å². The maximum Gasteiger partial charge on any atom is 0.508 e. The molecule has 6 heteroatoms. The lowest BCUT2D eigenvalue weighted by atomic mass is 10.6. The summed E-state index contributed by atoms with van der Waals surface area (Å²) in [6, 6.07) is 0. The maximum atomic E-state index is 11.1. The van der Waals surface area contributed by atoms with Crippen molar-refractivity contribution in [1.82, 2.24) is 0 Å². The Labute approximate surface area is 77.9 Å². The van der Waals surface area contributed by atoms with Crippen LogP contribution in [-0.4, -0.2) is 39.8 Å². The first-order valence-electron chi connectivity index (χ1n) is 3.93. The van der Waals surface area contributed by atoms with E-state index in [1.807, 2.05) is 0 Å². The Morgan fingerprint density at radius 1 is 1.31 bits per heavy atom. The fourth-order valence-electron chi connectivity index (χ4n) is 0.724. The summed E-state index contributed by atoms with van der Waals surface area (Å²) in [5.41, 5.74) is 0. The third kappa shape index (κ3) is 6.39. The zero-order chi connectivity index (χ0) is 10.3. The number of methoxy groups -OCH3 is 1.